The number of nitrogens with one attached hydrogen (secondary N) is 2. The molecule has 2 rings (SSSR count). The molecule has 0 aliphatic heterocycles. The molecule has 0 aliphatic rings. The Kier molecular flexibility index (Phi) is 7.11. The minimum atomic E-state index is -0.926. The third-order valence-electron chi connectivity index (χ3n) is 4.03. The van der Waals surface area contributed by atoms with Crippen LogP contribution in [0.5, 0.6) is 0 Å². The van der Waals surface area contributed by atoms with Gasteiger partial charge in [-0.15, -0.1) is 0 Å². The first-order valence-electron chi connectivity index (χ1n) is 8.84. The van der Waals surface area contributed by atoms with Crippen molar-refractivity contribution in [2.24, 2.45) is 0 Å². The van der Waals surface area contributed by atoms with Gasteiger partial charge in [0.15, 0.2) is 6.10 Å². The van der Waals surface area contributed by atoms with Crippen molar-refractivity contribution in [2.75, 3.05) is 10.6 Å². The van der Waals surface area contributed by atoms with Crippen molar-refractivity contribution in [1.29, 1.82) is 0 Å². The number of amides is 2. The topological polar surface area (TPSA) is 84.5 Å². The normalized spacial score (nSPS) is 12.6. The second kappa shape index (κ2) is 9.52. The van der Waals surface area contributed by atoms with Crippen LogP contribution in [-0.2, 0) is 19.1 Å². The Balaban J connectivity index is 1.94. The predicted octanol–water partition coefficient (Wildman–Crippen LogP) is 3.71. The number of anilines is 2. The van der Waals surface area contributed by atoms with E-state index >= 15 is 0 Å². The van der Waals surface area contributed by atoms with E-state index < -0.39 is 23.9 Å². The fraction of sp³-hybridized carbons (Fsp3) is 0.286. The predicted molar refractivity (Wildman–Crippen MR) is 104 cm³/mol. The van der Waals surface area contributed by atoms with E-state index in [1.807, 2.05) is 37.3 Å². The molecule has 2 amide bonds. The summed E-state index contributed by atoms with van der Waals surface area (Å²) in [5.41, 5.74) is 2.05. The minimum Gasteiger partial charge on any atom is -0.452 e. The highest BCUT2D eigenvalue weighted by Gasteiger charge is 2.25. The lowest BCUT2D eigenvalue weighted by Crippen LogP contribution is -2.31. The van der Waals surface area contributed by atoms with Gasteiger partial charge in [0.1, 0.15) is 0 Å². The smallest absolute Gasteiger partial charge is 0.314 e. The molecule has 27 heavy (non-hydrogen) atoms. The van der Waals surface area contributed by atoms with Gasteiger partial charge in [-0.3, -0.25) is 14.4 Å². The summed E-state index contributed by atoms with van der Waals surface area (Å²) in [4.78, 5) is 35.8. The zero-order valence-corrected chi connectivity index (χ0v) is 15.7. The summed E-state index contributed by atoms with van der Waals surface area (Å²) < 4.78 is 5.36. The fourth-order valence-corrected chi connectivity index (χ4v) is 2.62. The van der Waals surface area contributed by atoms with Crippen LogP contribution in [0.15, 0.2) is 54.6 Å². The monoisotopic (exact) mass is 368 g/mol. The maximum atomic E-state index is 12.4. The van der Waals surface area contributed by atoms with E-state index in [2.05, 4.69) is 10.6 Å². The van der Waals surface area contributed by atoms with Crippen molar-refractivity contribution in [1.82, 2.24) is 0 Å². The second-order valence-corrected chi connectivity index (χ2v) is 6.20. The van der Waals surface area contributed by atoms with Gasteiger partial charge >= 0.3 is 5.97 Å². The Bertz CT molecular complexity index is 788. The lowest BCUT2D eigenvalue weighted by atomic mass is 9.97. The van der Waals surface area contributed by atoms with Gasteiger partial charge in [0.05, 0.1) is 5.92 Å². The molecule has 2 N–H and O–H groups in total. The number of ether oxygens (including phenoxy) is 1. The number of carbonyl (C=O) groups excluding carboxylic acids is 3. The molecule has 0 aromatic heterocycles. The number of rotatable bonds is 7. The Labute approximate surface area is 158 Å². The summed E-state index contributed by atoms with van der Waals surface area (Å²) in [7, 11) is 0. The number of esters is 1. The van der Waals surface area contributed by atoms with E-state index in [4.69, 9.17) is 4.74 Å². The molecule has 0 aliphatic carbocycles. The Morgan fingerprint density at radius 3 is 2.00 bits per heavy atom. The summed E-state index contributed by atoms with van der Waals surface area (Å²) in [5.74, 6) is -1.42. The van der Waals surface area contributed by atoms with Gasteiger partial charge in [-0.2, -0.15) is 0 Å². The highest BCUT2D eigenvalue weighted by molar-refractivity contribution is 5.96. The lowest BCUT2D eigenvalue weighted by Gasteiger charge is -2.18. The van der Waals surface area contributed by atoms with Gasteiger partial charge in [-0.1, -0.05) is 37.3 Å². The third kappa shape index (κ3) is 5.95. The molecule has 6 nitrogen and oxygen atoms in total. The first kappa shape index (κ1) is 20.2. The van der Waals surface area contributed by atoms with Crippen LogP contribution in [0.3, 0.4) is 0 Å². The van der Waals surface area contributed by atoms with Crippen molar-refractivity contribution in [3.8, 4) is 0 Å². The fourth-order valence-electron chi connectivity index (χ4n) is 2.62. The van der Waals surface area contributed by atoms with Crippen molar-refractivity contribution < 1.29 is 19.1 Å². The molecule has 0 unspecified atom stereocenters. The zero-order valence-electron chi connectivity index (χ0n) is 15.7. The largest absolute Gasteiger partial charge is 0.452 e. The molecule has 2 aromatic rings. The van der Waals surface area contributed by atoms with E-state index in [0.717, 1.165) is 5.56 Å². The minimum absolute atomic E-state index is 0.170. The highest BCUT2D eigenvalue weighted by Crippen LogP contribution is 2.22. The number of hydrogen-bond donors (Lipinski definition) is 2. The maximum absolute atomic E-state index is 12.4. The third-order valence-corrected chi connectivity index (χ3v) is 4.03. The van der Waals surface area contributed by atoms with Crippen LogP contribution >= 0.6 is 0 Å². The summed E-state index contributed by atoms with van der Waals surface area (Å²) in [5, 5.41) is 5.34. The highest BCUT2D eigenvalue weighted by atomic mass is 16.5. The van der Waals surface area contributed by atoms with Crippen molar-refractivity contribution in [3.05, 3.63) is 60.2 Å². The standard InChI is InChI=1S/C21H24N2O4/c1-4-19(16-8-6-5-7-9-16)21(26)27-14(2)20(25)23-18-12-10-17(11-13-18)22-15(3)24/h5-14,19H,4H2,1-3H3,(H,22,24)(H,23,25)/t14-,19+/m0/s1. The molecule has 2 aromatic carbocycles. The first-order valence-corrected chi connectivity index (χ1v) is 8.84. The summed E-state index contributed by atoms with van der Waals surface area (Å²) in [6, 6.07) is 16.0. The molecular formula is C21H24N2O4. The SMILES string of the molecule is CC[C@@H](C(=O)O[C@@H](C)C(=O)Nc1ccc(NC(C)=O)cc1)c1ccccc1. The maximum Gasteiger partial charge on any atom is 0.314 e. The number of benzene rings is 2. The molecule has 0 bridgehead atoms. The molecule has 0 heterocycles. The first-order chi connectivity index (χ1) is 12.9. The molecule has 0 fully saturated rings. The van der Waals surface area contributed by atoms with Gasteiger partial charge in [-0.05, 0) is 43.2 Å². The van der Waals surface area contributed by atoms with Gasteiger partial charge in [0.2, 0.25) is 5.91 Å². The number of hydrogen-bond acceptors (Lipinski definition) is 4. The van der Waals surface area contributed by atoms with E-state index in [9.17, 15) is 14.4 Å². The van der Waals surface area contributed by atoms with E-state index in [0.29, 0.717) is 17.8 Å². The van der Waals surface area contributed by atoms with Gasteiger partial charge in [0, 0.05) is 18.3 Å². The van der Waals surface area contributed by atoms with Gasteiger partial charge in [0.25, 0.3) is 5.91 Å². The molecule has 0 saturated carbocycles. The second-order valence-electron chi connectivity index (χ2n) is 6.20. The molecule has 2 atom stereocenters. The quantitative estimate of drug-likeness (QED) is 0.730. The average Bonchev–Trinajstić information content (AvgIpc) is 2.64. The number of carbonyl (C=O) groups is 3. The van der Waals surface area contributed by atoms with Crippen molar-refractivity contribution in [3.63, 3.8) is 0 Å². The van der Waals surface area contributed by atoms with Crippen LogP contribution in [-0.4, -0.2) is 23.9 Å². The molecule has 142 valence electrons. The molecular weight excluding hydrogens is 344 g/mol. The van der Waals surface area contributed by atoms with Crippen LogP contribution < -0.4 is 10.6 Å². The average molecular weight is 368 g/mol. The van der Waals surface area contributed by atoms with E-state index in [1.54, 1.807) is 24.3 Å². The zero-order chi connectivity index (χ0) is 19.8. The summed E-state index contributed by atoms with van der Waals surface area (Å²) in [6.45, 7) is 4.86. The van der Waals surface area contributed by atoms with Crippen molar-refractivity contribution >= 4 is 29.2 Å². The Hall–Kier alpha value is -3.15. The molecule has 0 radical (unpaired) electrons. The van der Waals surface area contributed by atoms with Crippen LogP contribution in [0.25, 0.3) is 0 Å². The van der Waals surface area contributed by atoms with Crippen molar-refractivity contribution in [2.45, 2.75) is 39.2 Å². The molecule has 0 spiro atoms. The van der Waals surface area contributed by atoms with Crippen LogP contribution in [0, 0.1) is 0 Å². The molecule has 6 heteroatoms. The Morgan fingerprint density at radius 1 is 0.926 bits per heavy atom. The summed E-state index contributed by atoms with van der Waals surface area (Å²) >= 11 is 0. The van der Waals surface area contributed by atoms with Crippen LogP contribution in [0.1, 0.15) is 38.7 Å². The lowest BCUT2D eigenvalue weighted by molar-refractivity contribution is -0.154. The van der Waals surface area contributed by atoms with E-state index in [1.165, 1.54) is 13.8 Å². The summed E-state index contributed by atoms with van der Waals surface area (Å²) in [6.07, 6.45) is -0.341. The van der Waals surface area contributed by atoms with Crippen LogP contribution in [0.2, 0.25) is 0 Å². The van der Waals surface area contributed by atoms with Gasteiger partial charge < -0.3 is 15.4 Å². The molecule has 0 saturated heterocycles. The Morgan fingerprint density at radius 2 is 1.48 bits per heavy atom. The van der Waals surface area contributed by atoms with Gasteiger partial charge in [-0.25, -0.2) is 0 Å². The van der Waals surface area contributed by atoms with E-state index in [-0.39, 0.29) is 5.91 Å². The van der Waals surface area contributed by atoms with Crippen LogP contribution in [0.4, 0.5) is 11.4 Å².